The Morgan fingerprint density at radius 3 is 2.79 bits per heavy atom. The van der Waals surface area contributed by atoms with Crippen LogP contribution >= 0.6 is 23.2 Å². The van der Waals surface area contributed by atoms with Crippen molar-refractivity contribution in [2.24, 2.45) is 5.73 Å². The molecule has 1 aromatic rings. The van der Waals surface area contributed by atoms with E-state index in [1.807, 2.05) is 0 Å². The van der Waals surface area contributed by atoms with E-state index in [1.165, 1.54) is 0 Å². The van der Waals surface area contributed by atoms with Crippen LogP contribution in [0.5, 0.6) is 0 Å². The molecule has 76 valence electrons. The first-order valence-electron chi connectivity index (χ1n) is 4.05. The smallest absolute Gasteiger partial charge is 0.165 e. The molecule has 0 aliphatic carbocycles. The molecule has 0 aliphatic rings. The van der Waals surface area contributed by atoms with Crippen molar-refractivity contribution in [3.05, 3.63) is 28.2 Å². The average Bonchev–Trinajstić information content (AvgIpc) is 2.20. The van der Waals surface area contributed by atoms with E-state index in [0.29, 0.717) is 15.7 Å². The van der Waals surface area contributed by atoms with Gasteiger partial charge >= 0.3 is 0 Å². The summed E-state index contributed by atoms with van der Waals surface area (Å²) in [4.78, 5) is 10.9. The summed E-state index contributed by atoms with van der Waals surface area (Å²) in [7, 11) is 0. The second-order valence-corrected chi connectivity index (χ2v) is 3.48. The highest BCUT2D eigenvalue weighted by Crippen LogP contribution is 2.29. The first-order chi connectivity index (χ1) is 6.65. The number of hydrogen-bond donors (Lipinski definition) is 2. The number of ketones is 1. The molecule has 0 saturated carbocycles. The zero-order valence-electron chi connectivity index (χ0n) is 7.39. The van der Waals surface area contributed by atoms with Crippen molar-refractivity contribution in [1.29, 1.82) is 0 Å². The van der Waals surface area contributed by atoms with Crippen molar-refractivity contribution in [1.82, 2.24) is 0 Å². The first-order valence-corrected chi connectivity index (χ1v) is 4.80. The van der Waals surface area contributed by atoms with Gasteiger partial charge in [0.25, 0.3) is 0 Å². The van der Waals surface area contributed by atoms with Crippen molar-refractivity contribution in [3.63, 3.8) is 0 Å². The lowest BCUT2D eigenvalue weighted by Crippen LogP contribution is -2.22. The third kappa shape index (κ3) is 2.87. The molecule has 1 aromatic carbocycles. The molecule has 0 radical (unpaired) electrons. The Hall–Kier alpha value is -0.770. The summed E-state index contributed by atoms with van der Waals surface area (Å²) in [5, 5.41) is 3.73. The molecule has 0 saturated heterocycles. The summed E-state index contributed by atoms with van der Waals surface area (Å²) in [6, 6.07) is 5.18. The van der Waals surface area contributed by atoms with Crippen molar-refractivity contribution < 1.29 is 4.79 Å². The largest absolute Gasteiger partial charge is 0.377 e. The van der Waals surface area contributed by atoms with Gasteiger partial charge in [0.15, 0.2) is 5.78 Å². The molecular weight excluding hydrogens is 223 g/mol. The van der Waals surface area contributed by atoms with Crippen molar-refractivity contribution in [2.45, 2.75) is 0 Å². The molecular formula is C9H10Cl2N2O. The van der Waals surface area contributed by atoms with E-state index in [-0.39, 0.29) is 18.9 Å². The van der Waals surface area contributed by atoms with Crippen LogP contribution in [0, 0.1) is 0 Å². The number of Topliss-reactive ketones (excluding diaryl/α,β-unsaturated/α-hetero) is 1. The molecule has 3 nitrogen and oxygen atoms in total. The maximum atomic E-state index is 10.9. The van der Waals surface area contributed by atoms with Crippen LogP contribution in [-0.2, 0) is 4.79 Å². The van der Waals surface area contributed by atoms with E-state index < -0.39 is 0 Å². The van der Waals surface area contributed by atoms with Gasteiger partial charge in [-0.3, -0.25) is 4.79 Å². The summed E-state index contributed by atoms with van der Waals surface area (Å²) >= 11 is 11.7. The molecule has 0 unspecified atom stereocenters. The third-order valence-corrected chi connectivity index (χ3v) is 2.47. The quantitative estimate of drug-likeness (QED) is 0.835. The van der Waals surface area contributed by atoms with Gasteiger partial charge < -0.3 is 11.1 Å². The van der Waals surface area contributed by atoms with E-state index >= 15 is 0 Å². The zero-order chi connectivity index (χ0) is 10.6. The predicted molar refractivity (Wildman–Crippen MR) is 59.0 cm³/mol. The summed E-state index contributed by atoms with van der Waals surface area (Å²) in [6.07, 6.45) is 0. The van der Waals surface area contributed by atoms with Crippen LogP contribution in [0.1, 0.15) is 0 Å². The molecule has 0 atom stereocenters. The molecule has 5 heteroatoms. The lowest BCUT2D eigenvalue weighted by Gasteiger charge is -2.07. The Morgan fingerprint density at radius 2 is 2.14 bits per heavy atom. The lowest BCUT2D eigenvalue weighted by atomic mass is 10.3. The summed E-state index contributed by atoms with van der Waals surface area (Å²) < 4.78 is 0. The van der Waals surface area contributed by atoms with Crippen LogP contribution < -0.4 is 11.1 Å². The van der Waals surface area contributed by atoms with Crippen LogP contribution in [0.25, 0.3) is 0 Å². The molecule has 14 heavy (non-hydrogen) atoms. The fourth-order valence-corrected chi connectivity index (χ4v) is 1.27. The van der Waals surface area contributed by atoms with Gasteiger partial charge in [-0.2, -0.15) is 0 Å². The van der Waals surface area contributed by atoms with Crippen LogP contribution in [0.15, 0.2) is 18.2 Å². The fourth-order valence-electron chi connectivity index (χ4n) is 0.906. The Balaban J connectivity index is 2.68. The number of halogens is 2. The van der Waals surface area contributed by atoms with Crippen LogP contribution in [0.2, 0.25) is 10.0 Å². The Bertz CT molecular complexity index is 342. The van der Waals surface area contributed by atoms with E-state index in [0.717, 1.165) is 0 Å². The maximum absolute atomic E-state index is 10.9. The van der Waals surface area contributed by atoms with Gasteiger partial charge in [-0.15, -0.1) is 0 Å². The minimum atomic E-state index is -0.0824. The Morgan fingerprint density at radius 1 is 1.43 bits per heavy atom. The van der Waals surface area contributed by atoms with Crippen LogP contribution in [0.3, 0.4) is 0 Å². The Kier molecular flexibility index (Phi) is 4.20. The zero-order valence-corrected chi connectivity index (χ0v) is 8.90. The Labute approximate surface area is 92.2 Å². The number of nitrogens with two attached hydrogens (primary N) is 1. The van der Waals surface area contributed by atoms with Crippen LogP contribution in [0.4, 0.5) is 5.69 Å². The summed E-state index contributed by atoms with van der Waals surface area (Å²) in [6.45, 7) is 0.182. The van der Waals surface area contributed by atoms with E-state index in [2.05, 4.69) is 5.32 Å². The monoisotopic (exact) mass is 232 g/mol. The maximum Gasteiger partial charge on any atom is 0.165 e. The van der Waals surface area contributed by atoms with Gasteiger partial charge in [-0.1, -0.05) is 29.3 Å². The number of nitrogens with one attached hydrogen (secondary N) is 1. The molecule has 0 heterocycles. The highest BCUT2D eigenvalue weighted by Gasteiger charge is 2.04. The van der Waals surface area contributed by atoms with E-state index in [4.69, 9.17) is 28.9 Å². The topological polar surface area (TPSA) is 55.1 Å². The molecule has 0 aromatic heterocycles. The van der Waals surface area contributed by atoms with Gasteiger partial charge in [0.1, 0.15) is 0 Å². The highest BCUT2D eigenvalue weighted by molar-refractivity contribution is 6.43. The number of hydrogen-bond acceptors (Lipinski definition) is 3. The van der Waals surface area contributed by atoms with Gasteiger partial charge in [-0.05, 0) is 12.1 Å². The standard InChI is InChI=1S/C9H10Cl2N2O/c10-7-2-1-3-8(9(7)11)13-5-6(14)4-12/h1-3,13H,4-5,12H2. The lowest BCUT2D eigenvalue weighted by molar-refractivity contribution is -0.116. The summed E-state index contributed by atoms with van der Waals surface area (Å²) in [5.41, 5.74) is 5.80. The van der Waals surface area contributed by atoms with Gasteiger partial charge in [0.05, 0.1) is 28.8 Å². The second-order valence-electron chi connectivity index (χ2n) is 2.70. The minimum Gasteiger partial charge on any atom is -0.377 e. The predicted octanol–water partition coefficient (Wildman–Crippen LogP) is 1.93. The molecule has 3 N–H and O–H groups in total. The van der Waals surface area contributed by atoms with Crippen molar-refractivity contribution in [2.75, 3.05) is 18.4 Å². The molecule has 0 aliphatic heterocycles. The normalized spacial score (nSPS) is 9.93. The van der Waals surface area contributed by atoms with E-state index in [1.54, 1.807) is 18.2 Å². The first kappa shape index (κ1) is 11.3. The number of anilines is 1. The van der Waals surface area contributed by atoms with Crippen LogP contribution in [-0.4, -0.2) is 18.9 Å². The number of carbonyl (C=O) groups excluding carboxylic acids is 1. The molecule has 0 bridgehead atoms. The van der Waals surface area contributed by atoms with Gasteiger partial charge in [0.2, 0.25) is 0 Å². The SMILES string of the molecule is NCC(=O)CNc1cccc(Cl)c1Cl. The number of rotatable bonds is 4. The molecule has 0 amide bonds. The molecule has 0 fully saturated rings. The fraction of sp³-hybridized carbons (Fsp3) is 0.222. The third-order valence-electron chi connectivity index (χ3n) is 1.66. The van der Waals surface area contributed by atoms with Crippen molar-refractivity contribution in [3.8, 4) is 0 Å². The number of benzene rings is 1. The van der Waals surface area contributed by atoms with E-state index in [9.17, 15) is 4.79 Å². The highest BCUT2D eigenvalue weighted by atomic mass is 35.5. The minimum absolute atomic E-state index is 0.0190. The van der Waals surface area contributed by atoms with Crippen molar-refractivity contribution >= 4 is 34.7 Å². The van der Waals surface area contributed by atoms with Gasteiger partial charge in [-0.25, -0.2) is 0 Å². The molecule has 1 rings (SSSR count). The summed E-state index contributed by atoms with van der Waals surface area (Å²) in [5.74, 6) is -0.0824. The second kappa shape index (κ2) is 5.20. The number of carbonyl (C=O) groups is 1. The average molecular weight is 233 g/mol. The van der Waals surface area contributed by atoms with Gasteiger partial charge in [0, 0.05) is 0 Å². The molecule has 0 spiro atoms.